The van der Waals surface area contributed by atoms with E-state index in [0.717, 1.165) is 21.3 Å². The molecule has 2 atom stereocenters. The van der Waals surface area contributed by atoms with E-state index in [1.54, 1.807) is 31.2 Å². The third kappa shape index (κ3) is 6.91. The monoisotopic (exact) mass is 582 g/mol. The molecule has 0 spiro atoms. The number of carbonyl (C=O) groups excluding carboxylic acids is 3. The molecule has 1 heterocycles. The van der Waals surface area contributed by atoms with Gasteiger partial charge in [-0.15, -0.1) is 0 Å². The van der Waals surface area contributed by atoms with Crippen molar-refractivity contribution in [1.29, 1.82) is 0 Å². The maximum absolute atomic E-state index is 14.1. The molecule has 2 aliphatic rings. The predicted molar refractivity (Wildman–Crippen MR) is 139 cm³/mol. The number of anilines is 1. The van der Waals surface area contributed by atoms with Crippen molar-refractivity contribution in [1.82, 2.24) is 13.9 Å². The van der Waals surface area contributed by atoms with E-state index in [-0.39, 0.29) is 18.8 Å². The van der Waals surface area contributed by atoms with Crippen LogP contribution in [0.3, 0.4) is 0 Å². The summed E-state index contributed by atoms with van der Waals surface area (Å²) in [5.74, 6) is -4.39. The molecule has 40 heavy (non-hydrogen) atoms. The van der Waals surface area contributed by atoms with Gasteiger partial charge >= 0.3 is 6.09 Å². The van der Waals surface area contributed by atoms with Crippen LogP contribution in [0.25, 0.3) is 0 Å². The third-order valence-corrected chi connectivity index (χ3v) is 8.17. The van der Waals surface area contributed by atoms with E-state index in [1.165, 1.54) is 23.5 Å². The highest BCUT2D eigenvalue weighted by Gasteiger charge is 2.46. The number of carbonyl (C=O) groups is 3. The van der Waals surface area contributed by atoms with Crippen molar-refractivity contribution in [2.45, 2.75) is 37.8 Å². The van der Waals surface area contributed by atoms with Crippen LogP contribution in [0.1, 0.15) is 31.4 Å². The Morgan fingerprint density at radius 2 is 1.90 bits per heavy atom. The smallest absolute Gasteiger partial charge is 0.422 e. The maximum atomic E-state index is 14.1. The van der Waals surface area contributed by atoms with Gasteiger partial charge in [0.15, 0.2) is 0 Å². The number of nitrogens with zero attached hydrogens (tertiary/aromatic N) is 3. The second kappa shape index (κ2) is 12.3. The number of cyclic esters (lactones) is 1. The zero-order valence-electron chi connectivity index (χ0n) is 21.8. The Hall–Kier alpha value is -3.65. The molecule has 1 unspecified atom stereocenters. The van der Waals surface area contributed by atoms with Gasteiger partial charge in [-0.05, 0) is 42.8 Å². The Balaban J connectivity index is 1.59. The molecule has 1 saturated carbocycles. The molecule has 1 N–H and O–H groups in total. The topological polar surface area (TPSA) is 108 Å². The first-order valence-electron chi connectivity index (χ1n) is 12.5. The number of rotatable bonds is 11. The highest BCUT2D eigenvalue weighted by Crippen LogP contribution is 2.37. The molecule has 216 valence electrons. The lowest BCUT2D eigenvalue weighted by molar-refractivity contribution is -0.129. The second-order valence-electron chi connectivity index (χ2n) is 9.46. The van der Waals surface area contributed by atoms with Crippen molar-refractivity contribution in [3.8, 4) is 5.75 Å². The van der Waals surface area contributed by atoms with Gasteiger partial charge < -0.3 is 19.7 Å². The molecule has 0 bridgehead atoms. The van der Waals surface area contributed by atoms with Gasteiger partial charge in [-0.3, -0.25) is 9.59 Å². The van der Waals surface area contributed by atoms with E-state index < -0.39 is 78.8 Å². The lowest BCUT2D eigenvalue weighted by Crippen LogP contribution is -2.54. The quantitative estimate of drug-likeness (QED) is 0.436. The summed E-state index contributed by atoms with van der Waals surface area (Å²) in [6.07, 6.45) is -1.83. The van der Waals surface area contributed by atoms with Crippen LogP contribution in [0.2, 0.25) is 0 Å². The number of benzene rings is 2. The highest BCUT2D eigenvalue weighted by molar-refractivity contribution is 7.80. The minimum Gasteiger partial charge on any atom is -0.497 e. The number of alkyl halides is 2. The lowest BCUT2D eigenvalue weighted by atomic mass is 9.88. The van der Waals surface area contributed by atoms with E-state index in [9.17, 15) is 31.8 Å². The van der Waals surface area contributed by atoms with Gasteiger partial charge in [0.25, 0.3) is 5.92 Å². The Labute approximate surface area is 231 Å². The standard InChI is InChI=1S/C26H29F3N4O6S/c1-17(18-6-8-22(38-2)9-7-18)33(40(37)32-10-11-39-25(32)36)16-24(35)31(21-5-3-4-19(27)12-21)15-23(34)30-20-13-26(28,29)14-20/h3-9,12,17,20H,10-11,13-16H2,1-2H3,(H,30,34)/t17-,40?/m0/s1. The molecular formula is C26H29F3N4O6S. The van der Waals surface area contributed by atoms with E-state index in [1.807, 2.05) is 0 Å². The van der Waals surface area contributed by atoms with Crippen LogP contribution >= 0.6 is 0 Å². The number of hydrogen-bond donors (Lipinski definition) is 1. The Bertz CT molecular complexity index is 1270. The first kappa shape index (κ1) is 29.3. The summed E-state index contributed by atoms with van der Waals surface area (Å²) >= 11 is -2.17. The summed E-state index contributed by atoms with van der Waals surface area (Å²) in [7, 11) is 1.51. The fourth-order valence-electron chi connectivity index (χ4n) is 4.39. The number of hydrogen-bond acceptors (Lipinski definition) is 6. The molecular weight excluding hydrogens is 553 g/mol. The van der Waals surface area contributed by atoms with Crippen molar-refractivity contribution in [2.75, 3.05) is 38.3 Å². The van der Waals surface area contributed by atoms with Crippen LogP contribution in [0, 0.1) is 5.82 Å². The number of halogens is 3. The van der Waals surface area contributed by atoms with Crippen LogP contribution in [0.5, 0.6) is 5.75 Å². The molecule has 1 aliphatic carbocycles. The van der Waals surface area contributed by atoms with Crippen molar-refractivity contribution in [3.63, 3.8) is 0 Å². The average Bonchev–Trinajstić information content (AvgIpc) is 3.34. The van der Waals surface area contributed by atoms with Crippen LogP contribution in [0.4, 0.5) is 23.7 Å². The summed E-state index contributed by atoms with van der Waals surface area (Å²) in [6.45, 7) is 0.610. The van der Waals surface area contributed by atoms with Gasteiger partial charge in [0.2, 0.25) is 23.0 Å². The SMILES string of the molecule is COc1ccc([C@H](C)N(CC(=O)N(CC(=O)NC2CC(F)(F)C2)c2cccc(F)c2)S(=O)N2CCOC2=O)cc1. The van der Waals surface area contributed by atoms with Crippen LogP contribution in [-0.2, 0) is 25.5 Å². The fraction of sp³-hybridized carbons (Fsp3) is 0.423. The van der Waals surface area contributed by atoms with Crippen LogP contribution < -0.4 is 15.0 Å². The fourth-order valence-corrected chi connectivity index (χ4v) is 5.67. The summed E-state index contributed by atoms with van der Waals surface area (Å²) in [5.41, 5.74) is 0.693. The molecule has 0 radical (unpaired) electrons. The van der Waals surface area contributed by atoms with E-state index in [2.05, 4.69) is 5.32 Å². The van der Waals surface area contributed by atoms with E-state index >= 15 is 0 Å². The zero-order valence-corrected chi connectivity index (χ0v) is 22.7. The highest BCUT2D eigenvalue weighted by atomic mass is 32.2. The van der Waals surface area contributed by atoms with Gasteiger partial charge in [-0.25, -0.2) is 26.5 Å². The molecule has 2 fully saturated rings. The molecule has 3 amide bonds. The molecule has 14 heteroatoms. The Morgan fingerprint density at radius 1 is 1.20 bits per heavy atom. The third-order valence-electron chi connectivity index (χ3n) is 6.61. The summed E-state index contributed by atoms with van der Waals surface area (Å²) in [6, 6.07) is 10.4. The number of ether oxygens (including phenoxy) is 2. The number of amides is 3. The van der Waals surface area contributed by atoms with Crippen molar-refractivity contribution < 1.29 is 41.2 Å². The van der Waals surface area contributed by atoms with E-state index in [4.69, 9.17) is 9.47 Å². The average molecular weight is 583 g/mol. The van der Waals surface area contributed by atoms with Crippen LogP contribution in [-0.4, -0.2) is 76.0 Å². The Morgan fingerprint density at radius 3 is 2.48 bits per heavy atom. The number of methoxy groups -OCH3 is 1. The van der Waals surface area contributed by atoms with Gasteiger partial charge in [0.1, 0.15) is 24.7 Å². The summed E-state index contributed by atoms with van der Waals surface area (Å²) in [4.78, 5) is 39.6. The molecule has 2 aromatic rings. The normalized spacial score (nSPS) is 18.1. The van der Waals surface area contributed by atoms with Crippen LogP contribution in [0.15, 0.2) is 48.5 Å². The van der Waals surface area contributed by atoms with Gasteiger partial charge in [-0.1, -0.05) is 18.2 Å². The summed E-state index contributed by atoms with van der Waals surface area (Å²) < 4.78 is 66.5. The van der Waals surface area contributed by atoms with Gasteiger partial charge in [0.05, 0.1) is 20.2 Å². The first-order chi connectivity index (χ1) is 19.0. The minimum absolute atomic E-state index is 0.0269. The summed E-state index contributed by atoms with van der Waals surface area (Å²) in [5, 5.41) is 2.47. The molecule has 10 nitrogen and oxygen atoms in total. The largest absolute Gasteiger partial charge is 0.497 e. The van der Waals surface area contributed by atoms with Crippen molar-refractivity contribution >= 4 is 34.8 Å². The molecule has 1 saturated heterocycles. The molecule has 2 aromatic carbocycles. The first-order valence-corrected chi connectivity index (χ1v) is 13.5. The molecule has 1 aliphatic heterocycles. The minimum atomic E-state index is -2.85. The Kier molecular flexibility index (Phi) is 8.98. The van der Waals surface area contributed by atoms with Gasteiger partial charge in [0, 0.05) is 30.6 Å². The molecule has 0 aromatic heterocycles. The second-order valence-corrected chi connectivity index (χ2v) is 10.8. The maximum Gasteiger partial charge on any atom is 0.422 e. The lowest BCUT2D eigenvalue weighted by Gasteiger charge is -2.36. The van der Waals surface area contributed by atoms with Crippen molar-refractivity contribution in [2.24, 2.45) is 0 Å². The molecule has 4 rings (SSSR count). The predicted octanol–water partition coefficient (Wildman–Crippen LogP) is 3.18. The zero-order chi connectivity index (χ0) is 29.0. The van der Waals surface area contributed by atoms with E-state index in [0.29, 0.717) is 11.3 Å². The van der Waals surface area contributed by atoms with Crippen molar-refractivity contribution in [3.05, 3.63) is 59.9 Å². The number of nitrogens with one attached hydrogen (secondary N) is 1. The van der Waals surface area contributed by atoms with Gasteiger partial charge in [-0.2, -0.15) is 4.31 Å².